The Morgan fingerprint density at radius 2 is 1.79 bits per heavy atom. The zero-order valence-electron chi connectivity index (χ0n) is 16.3. The van der Waals surface area contributed by atoms with Gasteiger partial charge in [-0.05, 0) is 56.2 Å². The molecule has 0 unspecified atom stereocenters. The number of hydrogen-bond donors (Lipinski definition) is 1. The van der Waals surface area contributed by atoms with Gasteiger partial charge >= 0.3 is 5.97 Å². The second kappa shape index (κ2) is 8.25. The Kier molecular flexibility index (Phi) is 5.78. The van der Waals surface area contributed by atoms with E-state index in [1.165, 1.54) is 0 Å². The molecule has 0 spiro atoms. The van der Waals surface area contributed by atoms with Gasteiger partial charge in [0.25, 0.3) is 5.91 Å². The third-order valence-corrected chi connectivity index (χ3v) is 4.94. The summed E-state index contributed by atoms with van der Waals surface area (Å²) in [6.07, 6.45) is 0.0886. The molecule has 2 aromatic carbocycles. The van der Waals surface area contributed by atoms with Gasteiger partial charge in [0.2, 0.25) is 5.91 Å². The minimum absolute atomic E-state index is 0.0886. The third kappa shape index (κ3) is 4.57. The summed E-state index contributed by atoms with van der Waals surface area (Å²) >= 11 is 0. The fourth-order valence-electron chi connectivity index (χ4n) is 3.10. The first kappa shape index (κ1) is 19.6. The number of nitrogens with one attached hydrogen (secondary N) is 1. The Morgan fingerprint density at radius 1 is 1.07 bits per heavy atom. The van der Waals surface area contributed by atoms with Crippen LogP contribution in [0, 0.1) is 26.7 Å². The van der Waals surface area contributed by atoms with Gasteiger partial charge in [0.15, 0.2) is 6.61 Å². The highest BCUT2D eigenvalue weighted by Gasteiger charge is 2.36. The normalized spacial score (nSPS) is 16.2. The lowest BCUT2D eigenvalue weighted by Crippen LogP contribution is -2.28. The van der Waals surface area contributed by atoms with Gasteiger partial charge in [0, 0.05) is 24.3 Å². The molecule has 2 aromatic rings. The molecule has 0 aromatic heterocycles. The fourth-order valence-corrected chi connectivity index (χ4v) is 3.10. The minimum atomic E-state index is -0.568. The van der Waals surface area contributed by atoms with E-state index in [0.29, 0.717) is 5.69 Å². The first-order valence-corrected chi connectivity index (χ1v) is 9.24. The van der Waals surface area contributed by atoms with E-state index in [1.54, 1.807) is 17.0 Å². The van der Waals surface area contributed by atoms with Crippen molar-refractivity contribution in [2.24, 2.45) is 5.92 Å². The topological polar surface area (TPSA) is 75.7 Å². The number of aryl methyl sites for hydroxylation is 3. The molecule has 3 rings (SSSR count). The van der Waals surface area contributed by atoms with Crippen LogP contribution < -0.4 is 10.2 Å². The smallest absolute Gasteiger partial charge is 0.311 e. The number of benzene rings is 2. The number of anilines is 2. The summed E-state index contributed by atoms with van der Waals surface area (Å²) in [5.41, 5.74) is 4.74. The van der Waals surface area contributed by atoms with Crippen molar-refractivity contribution in [3.8, 4) is 0 Å². The highest BCUT2D eigenvalue weighted by molar-refractivity contribution is 6.00. The molecule has 0 saturated carbocycles. The van der Waals surface area contributed by atoms with Crippen LogP contribution in [-0.2, 0) is 19.1 Å². The Morgan fingerprint density at radius 3 is 2.46 bits per heavy atom. The van der Waals surface area contributed by atoms with E-state index < -0.39 is 17.8 Å². The van der Waals surface area contributed by atoms with Gasteiger partial charge in [-0.15, -0.1) is 0 Å². The fraction of sp³-hybridized carbons (Fsp3) is 0.318. The van der Waals surface area contributed by atoms with Crippen molar-refractivity contribution < 1.29 is 19.1 Å². The van der Waals surface area contributed by atoms with Gasteiger partial charge in [-0.1, -0.05) is 23.8 Å². The second-order valence-electron chi connectivity index (χ2n) is 7.20. The van der Waals surface area contributed by atoms with E-state index in [2.05, 4.69) is 5.32 Å². The van der Waals surface area contributed by atoms with Gasteiger partial charge in [-0.25, -0.2) is 0 Å². The molecule has 1 saturated heterocycles. The number of ether oxygens (including phenoxy) is 1. The molecule has 146 valence electrons. The number of esters is 1. The van der Waals surface area contributed by atoms with Crippen molar-refractivity contribution in [2.45, 2.75) is 27.2 Å². The average Bonchev–Trinajstić information content (AvgIpc) is 3.06. The Labute approximate surface area is 164 Å². The van der Waals surface area contributed by atoms with E-state index in [0.717, 1.165) is 22.4 Å². The molecule has 1 aliphatic rings. The molecule has 2 amide bonds. The molecule has 0 bridgehead atoms. The van der Waals surface area contributed by atoms with Gasteiger partial charge in [0.05, 0.1) is 5.92 Å². The molecule has 1 heterocycles. The molecule has 1 fully saturated rings. The minimum Gasteiger partial charge on any atom is -0.455 e. The maximum absolute atomic E-state index is 12.3. The van der Waals surface area contributed by atoms with Crippen LogP contribution in [0.15, 0.2) is 42.5 Å². The van der Waals surface area contributed by atoms with Gasteiger partial charge in [0.1, 0.15) is 0 Å². The van der Waals surface area contributed by atoms with Gasteiger partial charge in [-0.2, -0.15) is 0 Å². The van der Waals surface area contributed by atoms with Crippen LogP contribution >= 0.6 is 0 Å². The van der Waals surface area contributed by atoms with Crippen molar-refractivity contribution >= 4 is 29.2 Å². The molecule has 6 heteroatoms. The van der Waals surface area contributed by atoms with E-state index in [9.17, 15) is 14.4 Å². The lowest BCUT2D eigenvalue weighted by molar-refractivity contribution is -0.151. The average molecular weight is 380 g/mol. The number of carbonyl (C=O) groups excluding carboxylic acids is 3. The second-order valence-corrected chi connectivity index (χ2v) is 7.20. The van der Waals surface area contributed by atoms with E-state index >= 15 is 0 Å². The van der Waals surface area contributed by atoms with E-state index in [-0.39, 0.29) is 25.5 Å². The predicted octanol–water partition coefficient (Wildman–Crippen LogP) is 3.15. The van der Waals surface area contributed by atoms with Crippen LogP contribution in [0.25, 0.3) is 0 Å². The van der Waals surface area contributed by atoms with Crippen LogP contribution in [0.3, 0.4) is 0 Å². The highest BCUT2D eigenvalue weighted by atomic mass is 16.5. The van der Waals surface area contributed by atoms with Crippen molar-refractivity contribution in [3.05, 3.63) is 59.2 Å². The predicted molar refractivity (Wildman–Crippen MR) is 107 cm³/mol. The number of carbonyl (C=O) groups is 3. The van der Waals surface area contributed by atoms with Crippen molar-refractivity contribution in [3.63, 3.8) is 0 Å². The summed E-state index contributed by atoms with van der Waals surface area (Å²) in [5, 5.41) is 2.68. The molecule has 1 aliphatic heterocycles. The van der Waals surface area contributed by atoms with Crippen molar-refractivity contribution in [1.29, 1.82) is 0 Å². The first-order valence-electron chi connectivity index (χ1n) is 9.24. The van der Waals surface area contributed by atoms with Crippen LogP contribution in [0.1, 0.15) is 23.1 Å². The number of hydrogen-bond acceptors (Lipinski definition) is 4. The number of amides is 2. The summed E-state index contributed by atoms with van der Waals surface area (Å²) in [4.78, 5) is 38.2. The summed E-state index contributed by atoms with van der Waals surface area (Å²) in [7, 11) is 0. The maximum Gasteiger partial charge on any atom is 0.311 e. The number of nitrogens with zero attached hydrogens (tertiary/aromatic N) is 1. The quantitative estimate of drug-likeness (QED) is 0.809. The summed E-state index contributed by atoms with van der Waals surface area (Å²) < 4.78 is 5.13. The lowest BCUT2D eigenvalue weighted by Gasteiger charge is -2.17. The molecule has 0 aliphatic carbocycles. The molecular weight excluding hydrogens is 356 g/mol. The standard InChI is InChI=1S/C22H24N2O4/c1-14-4-7-18(8-5-14)23-20(25)13-28-22(27)17-11-21(26)24(12-17)19-9-6-15(2)16(3)10-19/h4-10,17H,11-13H2,1-3H3,(H,23,25)/t17-/m1/s1. The van der Waals surface area contributed by atoms with E-state index in [4.69, 9.17) is 4.74 Å². The lowest BCUT2D eigenvalue weighted by atomic mass is 10.1. The third-order valence-electron chi connectivity index (χ3n) is 4.94. The molecular formula is C22H24N2O4. The Hall–Kier alpha value is -3.15. The molecule has 6 nitrogen and oxygen atoms in total. The van der Waals surface area contributed by atoms with Crippen LogP contribution in [0.5, 0.6) is 0 Å². The monoisotopic (exact) mass is 380 g/mol. The van der Waals surface area contributed by atoms with E-state index in [1.807, 2.05) is 51.1 Å². The SMILES string of the molecule is Cc1ccc(NC(=O)COC(=O)[C@@H]2CC(=O)N(c3ccc(C)c(C)c3)C2)cc1. The first-order chi connectivity index (χ1) is 13.3. The van der Waals surface area contributed by atoms with Gasteiger partial charge < -0.3 is 15.0 Å². The summed E-state index contributed by atoms with van der Waals surface area (Å²) in [6, 6.07) is 13.1. The molecule has 0 radical (unpaired) electrons. The molecule has 1 atom stereocenters. The summed E-state index contributed by atoms with van der Waals surface area (Å²) in [6.45, 7) is 5.84. The summed E-state index contributed by atoms with van der Waals surface area (Å²) in [5.74, 6) is -1.62. The maximum atomic E-state index is 12.3. The van der Waals surface area contributed by atoms with Crippen LogP contribution in [-0.4, -0.2) is 30.9 Å². The van der Waals surface area contributed by atoms with Crippen LogP contribution in [0.2, 0.25) is 0 Å². The largest absolute Gasteiger partial charge is 0.455 e. The number of rotatable bonds is 5. The Bertz CT molecular complexity index is 905. The van der Waals surface area contributed by atoms with Crippen molar-refractivity contribution in [2.75, 3.05) is 23.4 Å². The zero-order valence-corrected chi connectivity index (χ0v) is 16.3. The highest BCUT2D eigenvalue weighted by Crippen LogP contribution is 2.27. The molecule has 28 heavy (non-hydrogen) atoms. The zero-order chi connectivity index (χ0) is 20.3. The molecule has 1 N–H and O–H groups in total. The Balaban J connectivity index is 1.53. The van der Waals surface area contributed by atoms with Crippen LogP contribution in [0.4, 0.5) is 11.4 Å². The van der Waals surface area contributed by atoms with Crippen molar-refractivity contribution in [1.82, 2.24) is 0 Å². The van der Waals surface area contributed by atoms with Gasteiger partial charge in [-0.3, -0.25) is 14.4 Å².